The number of amides is 2. The molecule has 0 aliphatic carbocycles. The summed E-state index contributed by atoms with van der Waals surface area (Å²) in [6.07, 6.45) is 0. The van der Waals surface area contributed by atoms with Gasteiger partial charge in [-0.05, 0) is 42.5 Å². The van der Waals surface area contributed by atoms with Crippen molar-refractivity contribution in [2.24, 2.45) is 0 Å². The van der Waals surface area contributed by atoms with Crippen molar-refractivity contribution in [2.75, 3.05) is 18.1 Å². The number of imide groups is 1. The molecule has 2 amide bonds. The van der Waals surface area contributed by atoms with Gasteiger partial charge in [-0.15, -0.1) is 0 Å². The number of rotatable bonds is 3. The van der Waals surface area contributed by atoms with Crippen LogP contribution in [0.1, 0.15) is 36.6 Å². The number of carbonyl (C=O) groups excluding carboxylic acids is 3. The van der Waals surface area contributed by atoms with Gasteiger partial charge in [-0.1, -0.05) is 23.7 Å². The van der Waals surface area contributed by atoms with E-state index < -0.39 is 11.8 Å². The first-order valence-electron chi connectivity index (χ1n) is 9.26. The number of halogens is 1. The molecule has 0 radical (unpaired) electrons. The zero-order chi connectivity index (χ0) is 20.8. The Morgan fingerprint density at radius 2 is 1.40 bits per heavy atom. The molecule has 0 saturated carbocycles. The van der Waals surface area contributed by atoms with E-state index in [1.807, 2.05) is 0 Å². The van der Waals surface area contributed by atoms with Gasteiger partial charge in [0.2, 0.25) is 0 Å². The normalized spacial score (nSPS) is 14.6. The van der Waals surface area contributed by atoms with E-state index in [0.717, 1.165) is 4.90 Å². The molecule has 0 bridgehead atoms. The highest BCUT2D eigenvalue weighted by Gasteiger charge is 2.39. The molecule has 6 nitrogen and oxygen atoms in total. The van der Waals surface area contributed by atoms with Gasteiger partial charge in [0.05, 0.1) is 22.4 Å². The number of anilines is 1. The Labute approximate surface area is 176 Å². The first-order valence-corrected chi connectivity index (χ1v) is 9.64. The molecule has 0 N–H and O–H groups in total. The van der Waals surface area contributed by atoms with E-state index in [4.69, 9.17) is 21.1 Å². The highest BCUT2D eigenvalue weighted by Crippen LogP contribution is 2.40. The quantitative estimate of drug-likeness (QED) is 0.471. The van der Waals surface area contributed by atoms with Crippen molar-refractivity contribution in [1.29, 1.82) is 0 Å². The summed E-state index contributed by atoms with van der Waals surface area (Å²) in [6, 6.07) is 16.0. The Balaban J connectivity index is 1.68. The largest absolute Gasteiger partial charge is 0.486 e. The highest BCUT2D eigenvalue weighted by molar-refractivity contribution is 6.36. The molecule has 0 atom stereocenters. The van der Waals surface area contributed by atoms with Crippen LogP contribution in [0, 0.1) is 0 Å². The van der Waals surface area contributed by atoms with Crippen molar-refractivity contribution in [3.63, 3.8) is 0 Å². The van der Waals surface area contributed by atoms with Crippen LogP contribution in [0.4, 0.5) is 5.69 Å². The minimum atomic E-state index is -0.488. The molecular weight excluding hydrogens is 406 g/mol. The van der Waals surface area contributed by atoms with Crippen LogP contribution in [-0.4, -0.2) is 30.8 Å². The van der Waals surface area contributed by atoms with Crippen LogP contribution < -0.4 is 14.4 Å². The highest BCUT2D eigenvalue weighted by atomic mass is 35.5. The van der Waals surface area contributed by atoms with Gasteiger partial charge in [0.15, 0.2) is 17.3 Å². The van der Waals surface area contributed by atoms with Crippen LogP contribution in [0.15, 0.2) is 60.7 Å². The third-order valence-corrected chi connectivity index (χ3v) is 5.30. The molecule has 3 aromatic carbocycles. The second-order valence-corrected chi connectivity index (χ2v) is 7.28. The molecule has 0 spiro atoms. The fraction of sp³-hybridized carbons (Fsp3) is 0.0870. The summed E-state index contributed by atoms with van der Waals surface area (Å²) in [7, 11) is 0. The van der Waals surface area contributed by atoms with E-state index >= 15 is 0 Å². The molecule has 5 rings (SSSR count). The first-order chi connectivity index (χ1) is 14.5. The molecule has 2 aliphatic heterocycles. The van der Waals surface area contributed by atoms with E-state index in [9.17, 15) is 14.4 Å². The van der Waals surface area contributed by atoms with Crippen LogP contribution >= 0.6 is 11.6 Å². The van der Waals surface area contributed by atoms with E-state index in [1.165, 1.54) is 12.1 Å². The maximum absolute atomic E-state index is 13.3. The van der Waals surface area contributed by atoms with Crippen LogP contribution in [-0.2, 0) is 0 Å². The second kappa shape index (κ2) is 7.00. The van der Waals surface area contributed by atoms with Crippen LogP contribution in [0.25, 0.3) is 0 Å². The lowest BCUT2D eigenvalue weighted by atomic mass is 10.00. The number of fused-ring (bicyclic) bond motifs is 2. The van der Waals surface area contributed by atoms with Crippen molar-refractivity contribution in [3.05, 3.63) is 87.9 Å². The second-order valence-electron chi connectivity index (χ2n) is 6.84. The predicted octanol–water partition coefficient (Wildman–Crippen LogP) is 4.14. The Morgan fingerprint density at radius 3 is 2.00 bits per heavy atom. The number of benzene rings is 3. The number of ketones is 1. The third-order valence-electron chi connectivity index (χ3n) is 5.05. The zero-order valence-corrected chi connectivity index (χ0v) is 16.3. The van der Waals surface area contributed by atoms with Crippen LogP contribution in [0.2, 0.25) is 5.02 Å². The average molecular weight is 420 g/mol. The zero-order valence-electron chi connectivity index (χ0n) is 15.6. The Morgan fingerprint density at radius 1 is 0.833 bits per heavy atom. The van der Waals surface area contributed by atoms with E-state index in [2.05, 4.69) is 0 Å². The Hall–Kier alpha value is -3.64. The van der Waals surface area contributed by atoms with Crippen molar-refractivity contribution >= 4 is 34.9 Å². The molecule has 3 aromatic rings. The van der Waals surface area contributed by atoms with Gasteiger partial charge < -0.3 is 9.47 Å². The molecule has 148 valence electrons. The van der Waals surface area contributed by atoms with Crippen molar-refractivity contribution < 1.29 is 23.9 Å². The maximum atomic E-state index is 13.3. The molecule has 7 heteroatoms. The van der Waals surface area contributed by atoms with Crippen molar-refractivity contribution in [1.82, 2.24) is 0 Å². The molecule has 0 saturated heterocycles. The smallest absolute Gasteiger partial charge is 0.266 e. The lowest BCUT2D eigenvalue weighted by molar-refractivity contribution is 0.0926. The number of carbonyl (C=O) groups is 3. The molecule has 0 fully saturated rings. The van der Waals surface area contributed by atoms with E-state index in [0.29, 0.717) is 46.4 Å². The van der Waals surface area contributed by atoms with Gasteiger partial charge >= 0.3 is 0 Å². The minimum absolute atomic E-state index is 0.158. The summed E-state index contributed by atoms with van der Waals surface area (Å²) >= 11 is 5.94. The summed E-state index contributed by atoms with van der Waals surface area (Å²) in [6.45, 7) is 0.674. The molecule has 2 heterocycles. The predicted molar refractivity (Wildman–Crippen MR) is 110 cm³/mol. The lowest BCUT2D eigenvalue weighted by Crippen LogP contribution is -2.31. The van der Waals surface area contributed by atoms with Crippen LogP contribution in [0.5, 0.6) is 11.5 Å². The molecule has 30 heavy (non-hydrogen) atoms. The monoisotopic (exact) mass is 419 g/mol. The van der Waals surface area contributed by atoms with Gasteiger partial charge in [0.25, 0.3) is 11.8 Å². The molecular formula is C23H14ClNO5. The van der Waals surface area contributed by atoms with Gasteiger partial charge in [0, 0.05) is 16.7 Å². The molecule has 0 aromatic heterocycles. The van der Waals surface area contributed by atoms with Crippen molar-refractivity contribution in [3.8, 4) is 11.5 Å². The van der Waals surface area contributed by atoms with Crippen LogP contribution in [0.3, 0.4) is 0 Å². The Bertz CT molecular complexity index is 1180. The number of hydrogen-bond donors (Lipinski definition) is 0. The maximum Gasteiger partial charge on any atom is 0.266 e. The minimum Gasteiger partial charge on any atom is -0.486 e. The number of hydrogen-bond acceptors (Lipinski definition) is 5. The fourth-order valence-corrected chi connectivity index (χ4v) is 3.74. The van der Waals surface area contributed by atoms with Gasteiger partial charge in [-0.3, -0.25) is 14.4 Å². The van der Waals surface area contributed by atoms with Gasteiger partial charge in [-0.2, -0.15) is 0 Å². The summed E-state index contributed by atoms with van der Waals surface area (Å²) in [5, 5.41) is 0.495. The van der Waals surface area contributed by atoms with E-state index in [1.54, 1.807) is 48.5 Å². The first kappa shape index (κ1) is 18.4. The lowest BCUT2D eigenvalue weighted by Gasteiger charge is -2.24. The molecule has 0 unspecified atom stereocenters. The standard InChI is InChI=1S/C23H14ClNO5/c24-14-7-5-13(6-8-14)21(26)17-11-19-20(30-10-9-29-19)12-18(17)25-22(27)15-3-1-2-4-16(15)23(25)28/h1-8,11-12H,9-10H2. The van der Waals surface area contributed by atoms with E-state index in [-0.39, 0.29) is 17.0 Å². The summed E-state index contributed by atoms with van der Waals surface area (Å²) in [4.78, 5) is 40.4. The van der Waals surface area contributed by atoms with Crippen molar-refractivity contribution in [2.45, 2.75) is 0 Å². The topological polar surface area (TPSA) is 72.9 Å². The SMILES string of the molecule is O=C(c1ccc(Cl)cc1)c1cc2c(cc1N1C(=O)c3ccccc3C1=O)OCCO2. The number of ether oxygens (including phenoxy) is 2. The third kappa shape index (κ3) is 2.84. The average Bonchev–Trinajstić information content (AvgIpc) is 3.03. The summed E-state index contributed by atoms with van der Waals surface area (Å²) in [5.74, 6) is -0.579. The van der Waals surface area contributed by atoms with Gasteiger partial charge in [0.1, 0.15) is 13.2 Å². The number of nitrogens with zero attached hydrogens (tertiary/aromatic N) is 1. The molecule has 2 aliphatic rings. The Kier molecular flexibility index (Phi) is 4.29. The summed E-state index contributed by atoms with van der Waals surface area (Å²) in [5.41, 5.74) is 1.28. The van der Waals surface area contributed by atoms with Gasteiger partial charge in [-0.25, -0.2) is 4.90 Å². The summed E-state index contributed by atoms with van der Waals surface area (Å²) < 4.78 is 11.2. The fourth-order valence-electron chi connectivity index (χ4n) is 3.61.